The summed E-state index contributed by atoms with van der Waals surface area (Å²) >= 11 is 0. The molecule has 1 N–H and O–H groups in total. The summed E-state index contributed by atoms with van der Waals surface area (Å²) in [7, 11) is 4.62. The molecular formula is C24H26O6. The normalized spacial score (nSPS) is 31.1. The molecule has 0 amide bonds. The molecule has 1 saturated heterocycles. The predicted molar refractivity (Wildman–Crippen MR) is 109 cm³/mol. The number of methoxy groups -OCH3 is 3. The van der Waals surface area contributed by atoms with Crippen LogP contribution in [0, 0.1) is 23.7 Å². The van der Waals surface area contributed by atoms with Crippen LogP contribution in [0.5, 0.6) is 17.2 Å². The molecule has 6 nitrogen and oxygen atoms in total. The lowest BCUT2D eigenvalue weighted by Gasteiger charge is -2.38. The van der Waals surface area contributed by atoms with E-state index in [0.29, 0.717) is 35.8 Å². The second kappa shape index (κ2) is 7.29. The van der Waals surface area contributed by atoms with Gasteiger partial charge in [0, 0.05) is 29.9 Å². The molecule has 158 valence electrons. The van der Waals surface area contributed by atoms with Crippen molar-refractivity contribution in [1.29, 1.82) is 0 Å². The van der Waals surface area contributed by atoms with Crippen molar-refractivity contribution in [3.8, 4) is 17.2 Å². The first-order valence-electron chi connectivity index (χ1n) is 10.3. The van der Waals surface area contributed by atoms with Crippen LogP contribution in [0.25, 0.3) is 0 Å². The third-order valence-corrected chi connectivity index (χ3v) is 7.13. The third kappa shape index (κ3) is 2.67. The number of benzene rings is 2. The fourth-order valence-electron chi connectivity index (χ4n) is 5.88. The van der Waals surface area contributed by atoms with E-state index in [1.165, 1.54) is 14.2 Å². The first kappa shape index (κ1) is 19.4. The summed E-state index contributed by atoms with van der Waals surface area (Å²) in [6.45, 7) is 0.619. The van der Waals surface area contributed by atoms with E-state index < -0.39 is 6.10 Å². The van der Waals surface area contributed by atoms with Crippen LogP contribution < -0.4 is 14.2 Å². The number of hydrogen-bond acceptors (Lipinski definition) is 6. The molecule has 0 spiro atoms. The quantitative estimate of drug-likeness (QED) is 0.760. The largest absolute Gasteiger partial charge is 0.496 e. The zero-order valence-electron chi connectivity index (χ0n) is 17.3. The molecular weight excluding hydrogens is 384 g/mol. The second-order valence-electron chi connectivity index (χ2n) is 8.36. The molecule has 2 aromatic rings. The van der Waals surface area contributed by atoms with Gasteiger partial charge in [0.2, 0.25) is 0 Å². The minimum Gasteiger partial charge on any atom is -0.496 e. The summed E-state index contributed by atoms with van der Waals surface area (Å²) in [6, 6.07) is 11.3. The fourth-order valence-corrected chi connectivity index (χ4v) is 5.88. The summed E-state index contributed by atoms with van der Waals surface area (Å²) in [5, 5.41) is 11.3. The van der Waals surface area contributed by atoms with E-state index in [4.69, 9.17) is 18.9 Å². The minimum absolute atomic E-state index is 0.0528. The van der Waals surface area contributed by atoms with E-state index >= 15 is 0 Å². The van der Waals surface area contributed by atoms with Gasteiger partial charge in [0.15, 0.2) is 5.78 Å². The van der Waals surface area contributed by atoms with Crippen molar-refractivity contribution in [3.05, 3.63) is 53.1 Å². The Kier molecular flexibility index (Phi) is 4.71. The number of carbonyl (C=O) groups excluding carboxylic acids is 1. The predicted octanol–water partition coefficient (Wildman–Crippen LogP) is 3.58. The molecule has 1 aliphatic heterocycles. The Morgan fingerprint density at radius 3 is 2.30 bits per heavy atom. The monoisotopic (exact) mass is 410 g/mol. The molecule has 3 aliphatic rings. The van der Waals surface area contributed by atoms with Crippen molar-refractivity contribution in [2.45, 2.75) is 18.6 Å². The van der Waals surface area contributed by atoms with Crippen LogP contribution >= 0.6 is 0 Å². The van der Waals surface area contributed by atoms with Gasteiger partial charge in [-0.25, -0.2) is 0 Å². The van der Waals surface area contributed by atoms with Gasteiger partial charge in [-0.1, -0.05) is 24.3 Å². The highest BCUT2D eigenvalue weighted by molar-refractivity contribution is 6.03. The molecule has 2 aliphatic carbocycles. The number of aliphatic hydroxyl groups is 1. The molecule has 6 heteroatoms. The van der Waals surface area contributed by atoms with Gasteiger partial charge in [-0.05, 0) is 23.5 Å². The summed E-state index contributed by atoms with van der Waals surface area (Å²) < 4.78 is 22.5. The summed E-state index contributed by atoms with van der Waals surface area (Å²) in [6.07, 6.45) is -0.0657. The lowest BCUT2D eigenvalue weighted by Crippen LogP contribution is -2.35. The van der Waals surface area contributed by atoms with E-state index in [-0.39, 0.29) is 35.6 Å². The van der Waals surface area contributed by atoms with Crippen LogP contribution in [0.4, 0.5) is 0 Å². The van der Waals surface area contributed by atoms with Gasteiger partial charge < -0.3 is 24.1 Å². The number of rotatable bonds is 5. The minimum atomic E-state index is -0.696. The number of aliphatic hydroxyl groups excluding tert-OH is 1. The van der Waals surface area contributed by atoms with E-state index in [1.54, 1.807) is 19.2 Å². The van der Waals surface area contributed by atoms with Crippen molar-refractivity contribution >= 4 is 5.78 Å². The van der Waals surface area contributed by atoms with Gasteiger partial charge in [0.25, 0.3) is 0 Å². The Morgan fingerprint density at radius 1 is 1.00 bits per heavy atom. The van der Waals surface area contributed by atoms with Gasteiger partial charge in [0.05, 0.1) is 40.1 Å². The van der Waals surface area contributed by atoms with Gasteiger partial charge in [-0.15, -0.1) is 0 Å². The Bertz CT molecular complexity index is 960. The zero-order chi connectivity index (χ0) is 21.0. The average molecular weight is 410 g/mol. The Labute approximate surface area is 175 Å². The summed E-state index contributed by atoms with van der Waals surface area (Å²) in [5.74, 6) is 1.23. The molecule has 1 heterocycles. The van der Waals surface area contributed by atoms with Crippen LogP contribution in [-0.4, -0.2) is 38.8 Å². The molecule has 0 radical (unpaired) electrons. The van der Waals surface area contributed by atoms with Gasteiger partial charge in [-0.2, -0.15) is 0 Å². The van der Waals surface area contributed by atoms with Crippen LogP contribution in [0.2, 0.25) is 0 Å². The van der Waals surface area contributed by atoms with Crippen LogP contribution in [0.1, 0.15) is 40.1 Å². The van der Waals surface area contributed by atoms with Crippen LogP contribution in [0.15, 0.2) is 36.4 Å². The molecule has 1 saturated carbocycles. The highest BCUT2D eigenvalue weighted by atomic mass is 16.5. The zero-order valence-corrected chi connectivity index (χ0v) is 17.3. The van der Waals surface area contributed by atoms with E-state index in [0.717, 1.165) is 11.1 Å². The molecule has 0 bridgehead atoms. The smallest absolute Gasteiger partial charge is 0.173 e. The van der Waals surface area contributed by atoms with E-state index in [2.05, 4.69) is 0 Å². The molecule has 5 rings (SSSR count). The van der Waals surface area contributed by atoms with Crippen molar-refractivity contribution in [2.24, 2.45) is 23.7 Å². The number of ketones is 1. The number of hydrogen-bond donors (Lipinski definition) is 1. The van der Waals surface area contributed by atoms with Gasteiger partial charge in [0.1, 0.15) is 22.8 Å². The molecule has 0 unspecified atom stereocenters. The van der Waals surface area contributed by atoms with Crippen LogP contribution in [0.3, 0.4) is 0 Å². The van der Waals surface area contributed by atoms with Crippen LogP contribution in [-0.2, 0) is 4.74 Å². The topological polar surface area (TPSA) is 74.2 Å². The van der Waals surface area contributed by atoms with Gasteiger partial charge >= 0.3 is 0 Å². The van der Waals surface area contributed by atoms with Crippen molar-refractivity contribution in [3.63, 3.8) is 0 Å². The number of fused-ring (bicyclic) bond motifs is 2. The Hall–Kier alpha value is -2.57. The average Bonchev–Trinajstić information content (AvgIpc) is 3.37. The molecule has 2 aromatic carbocycles. The molecule has 2 fully saturated rings. The third-order valence-electron chi connectivity index (χ3n) is 7.13. The first-order chi connectivity index (χ1) is 14.6. The number of Topliss-reactive ketones (excluding diaryl/α,β-unsaturated/α-hetero) is 1. The van der Waals surface area contributed by atoms with Crippen molar-refractivity contribution in [2.75, 3.05) is 27.9 Å². The lowest BCUT2D eigenvalue weighted by atomic mass is 9.69. The Morgan fingerprint density at radius 2 is 1.67 bits per heavy atom. The summed E-state index contributed by atoms with van der Waals surface area (Å²) in [4.78, 5) is 13.8. The maximum absolute atomic E-state index is 13.8. The molecule has 30 heavy (non-hydrogen) atoms. The standard InChI is InChI=1S/C24H26O6/c1-27-13-9-17(28-2)21(18(10-13)29-3)23(26)16-8-12-11-30-24-15-7-5-4-6-14(15)22(25)20(16)19(12)24/h4-7,9-10,12,16,19-20,22,24-25H,8,11H2,1-3H3/t12-,16-,19+,20-,22+,24-/m1/s1. The first-order valence-corrected chi connectivity index (χ1v) is 10.3. The Balaban J connectivity index is 1.58. The highest BCUT2D eigenvalue weighted by Gasteiger charge is 2.59. The number of ether oxygens (including phenoxy) is 4. The van der Waals surface area contributed by atoms with Crippen molar-refractivity contribution in [1.82, 2.24) is 0 Å². The summed E-state index contributed by atoms with van der Waals surface area (Å²) in [5.41, 5.74) is 2.34. The van der Waals surface area contributed by atoms with E-state index in [9.17, 15) is 9.90 Å². The second-order valence-corrected chi connectivity index (χ2v) is 8.36. The van der Waals surface area contributed by atoms with Crippen molar-refractivity contribution < 1.29 is 28.8 Å². The number of carbonyl (C=O) groups is 1. The maximum Gasteiger partial charge on any atom is 0.173 e. The van der Waals surface area contributed by atoms with E-state index in [1.807, 2.05) is 24.3 Å². The van der Waals surface area contributed by atoms with Gasteiger partial charge in [-0.3, -0.25) is 4.79 Å². The lowest BCUT2D eigenvalue weighted by molar-refractivity contribution is -0.00814. The molecule has 6 atom stereocenters. The highest BCUT2D eigenvalue weighted by Crippen LogP contribution is 2.61. The fraction of sp³-hybridized carbons (Fsp3) is 0.458. The molecule has 0 aromatic heterocycles. The SMILES string of the molecule is COc1cc(OC)c(C(=O)[C@@H]2C[C@@H]3CO[C@@H]4c5ccccc5[C@H](O)[C@H]2[C@H]34)c(OC)c1. The maximum atomic E-state index is 13.8.